The quantitative estimate of drug-likeness (QED) is 0.510. The maximum Gasteiger partial charge on any atom is 0.433 e. The van der Waals surface area contributed by atoms with Gasteiger partial charge in [0.15, 0.2) is 5.69 Å². The summed E-state index contributed by atoms with van der Waals surface area (Å²) in [6.07, 6.45) is -5.47. The van der Waals surface area contributed by atoms with E-state index in [1.165, 1.54) is 19.1 Å². The van der Waals surface area contributed by atoms with Crippen molar-refractivity contribution in [2.45, 2.75) is 12.3 Å². The summed E-state index contributed by atoms with van der Waals surface area (Å²) in [5, 5.41) is 9.56. The van der Waals surface area contributed by atoms with Crippen LogP contribution in [0.4, 0.5) is 24.9 Å². The molecule has 1 heterocycles. The van der Waals surface area contributed by atoms with E-state index in [0.717, 1.165) is 6.07 Å². The van der Waals surface area contributed by atoms with Gasteiger partial charge in [-0.05, 0) is 0 Å². The fourth-order valence-corrected chi connectivity index (χ4v) is 1.49. The first-order valence-corrected chi connectivity index (χ1v) is 5.59. The van der Waals surface area contributed by atoms with Crippen molar-refractivity contribution >= 4 is 11.8 Å². The highest BCUT2D eigenvalue weighted by atomic mass is 19.4. The van der Waals surface area contributed by atoms with E-state index < -0.39 is 18.0 Å². The highest BCUT2D eigenvalue weighted by molar-refractivity contribution is 5.44. The average Bonchev–Trinajstić information content (AvgIpc) is 2.37. The van der Waals surface area contributed by atoms with Crippen LogP contribution in [0.3, 0.4) is 0 Å². The SMILES string of the molecule is COCC(O)CN(C)c1cc(C(F)(F)F)nc(NN)n1. The highest BCUT2D eigenvalue weighted by Gasteiger charge is 2.34. The number of methoxy groups -OCH3 is 1. The number of alkyl halides is 3. The maximum atomic E-state index is 12.7. The Kier molecular flexibility index (Phi) is 5.48. The summed E-state index contributed by atoms with van der Waals surface area (Å²) in [6, 6.07) is 0.778. The van der Waals surface area contributed by atoms with Gasteiger partial charge in [-0.3, -0.25) is 5.43 Å². The molecule has 1 aromatic rings. The van der Waals surface area contributed by atoms with Crippen LogP contribution in [0.2, 0.25) is 0 Å². The van der Waals surface area contributed by atoms with Gasteiger partial charge in [0.05, 0.1) is 12.7 Å². The van der Waals surface area contributed by atoms with E-state index in [1.54, 1.807) is 0 Å². The van der Waals surface area contributed by atoms with Crippen molar-refractivity contribution in [2.24, 2.45) is 5.84 Å². The number of halogens is 3. The van der Waals surface area contributed by atoms with Crippen molar-refractivity contribution in [3.63, 3.8) is 0 Å². The third-order valence-electron chi connectivity index (χ3n) is 2.37. The van der Waals surface area contributed by atoms with Gasteiger partial charge in [0.25, 0.3) is 0 Å². The Bertz CT molecular complexity index is 443. The molecule has 0 aromatic carbocycles. The van der Waals surface area contributed by atoms with E-state index in [-0.39, 0.29) is 24.9 Å². The maximum absolute atomic E-state index is 12.7. The molecular weight excluding hydrogens is 279 g/mol. The van der Waals surface area contributed by atoms with E-state index in [2.05, 4.69) is 9.97 Å². The molecule has 1 atom stereocenters. The third kappa shape index (κ3) is 4.47. The van der Waals surface area contributed by atoms with Crippen LogP contribution >= 0.6 is 0 Å². The number of nitrogens with one attached hydrogen (secondary N) is 1. The Morgan fingerprint density at radius 1 is 1.50 bits per heavy atom. The summed E-state index contributed by atoms with van der Waals surface area (Å²) in [6.45, 7) is 0.107. The Hall–Kier alpha value is -1.65. The minimum absolute atomic E-state index is 0.0181. The number of nitrogens with zero attached hydrogens (tertiary/aromatic N) is 3. The van der Waals surface area contributed by atoms with Crippen LogP contribution in [-0.4, -0.2) is 48.5 Å². The number of rotatable bonds is 6. The summed E-state index contributed by atoms with van der Waals surface area (Å²) in [7, 11) is 2.90. The van der Waals surface area contributed by atoms with Crippen molar-refractivity contribution in [1.29, 1.82) is 0 Å². The number of aliphatic hydroxyl groups is 1. The number of anilines is 2. The van der Waals surface area contributed by atoms with Gasteiger partial charge >= 0.3 is 6.18 Å². The number of hydrogen-bond donors (Lipinski definition) is 3. The lowest BCUT2D eigenvalue weighted by Crippen LogP contribution is -2.33. The van der Waals surface area contributed by atoms with E-state index in [9.17, 15) is 18.3 Å². The molecule has 0 aliphatic carbocycles. The first kappa shape index (κ1) is 16.4. The molecule has 0 bridgehead atoms. The zero-order valence-electron chi connectivity index (χ0n) is 11.0. The summed E-state index contributed by atoms with van der Waals surface area (Å²) >= 11 is 0. The summed E-state index contributed by atoms with van der Waals surface area (Å²) in [5.41, 5.74) is 0.855. The second kappa shape index (κ2) is 6.68. The molecular formula is C10H16F3N5O2. The van der Waals surface area contributed by atoms with E-state index in [4.69, 9.17) is 10.6 Å². The number of hydrogen-bond acceptors (Lipinski definition) is 7. The number of nitrogen functional groups attached to an aromatic ring is 1. The number of hydrazine groups is 1. The van der Waals surface area contributed by atoms with Crippen LogP contribution in [0.5, 0.6) is 0 Å². The Balaban J connectivity index is 2.99. The van der Waals surface area contributed by atoms with Gasteiger partial charge in [0, 0.05) is 26.8 Å². The Labute approximate surface area is 113 Å². The lowest BCUT2D eigenvalue weighted by Gasteiger charge is -2.22. The van der Waals surface area contributed by atoms with Gasteiger partial charge < -0.3 is 14.7 Å². The summed E-state index contributed by atoms with van der Waals surface area (Å²) < 4.78 is 42.8. The molecule has 1 aromatic heterocycles. The fraction of sp³-hybridized carbons (Fsp3) is 0.600. The molecule has 0 radical (unpaired) electrons. The topological polar surface area (TPSA) is 96.5 Å². The highest BCUT2D eigenvalue weighted by Crippen LogP contribution is 2.30. The largest absolute Gasteiger partial charge is 0.433 e. The molecule has 0 aliphatic rings. The van der Waals surface area contributed by atoms with Crippen molar-refractivity contribution in [1.82, 2.24) is 9.97 Å². The smallest absolute Gasteiger partial charge is 0.389 e. The minimum Gasteiger partial charge on any atom is -0.389 e. The number of aliphatic hydroxyl groups excluding tert-OH is 1. The molecule has 0 saturated heterocycles. The van der Waals surface area contributed by atoms with E-state index >= 15 is 0 Å². The van der Waals surface area contributed by atoms with Gasteiger partial charge in [0.2, 0.25) is 5.95 Å². The summed E-state index contributed by atoms with van der Waals surface area (Å²) in [4.78, 5) is 8.39. The number of ether oxygens (including phenoxy) is 1. The van der Waals surface area contributed by atoms with Crippen LogP contribution in [-0.2, 0) is 10.9 Å². The monoisotopic (exact) mass is 295 g/mol. The molecule has 20 heavy (non-hydrogen) atoms. The standard InChI is InChI=1S/C10H16F3N5O2/c1-18(4-6(19)5-20-2)8-3-7(10(11,12)13)15-9(16-8)17-14/h3,6,19H,4-5,14H2,1-2H3,(H,15,16,17). The predicted molar refractivity (Wildman–Crippen MR) is 66.0 cm³/mol. The van der Waals surface area contributed by atoms with E-state index in [0.29, 0.717) is 0 Å². The van der Waals surface area contributed by atoms with Crippen LogP contribution in [0.15, 0.2) is 6.07 Å². The summed E-state index contributed by atoms with van der Waals surface area (Å²) in [5.74, 6) is 4.67. The molecule has 0 spiro atoms. The first-order valence-electron chi connectivity index (χ1n) is 5.59. The van der Waals surface area contributed by atoms with Crippen molar-refractivity contribution in [2.75, 3.05) is 37.6 Å². The molecule has 1 rings (SSSR count). The second-order valence-electron chi connectivity index (χ2n) is 4.07. The Morgan fingerprint density at radius 3 is 2.65 bits per heavy atom. The zero-order chi connectivity index (χ0) is 15.3. The third-order valence-corrected chi connectivity index (χ3v) is 2.37. The fourth-order valence-electron chi connectivity index (χ4n) is 1.49. The number of aromatic nitrogens is 2. The molecule has 0 saturated carbocycles. The normalized spacial score (nSPS) is 13.2. The Morgan fingerprint density at radius 2 is 2.15 bits per heavy atom. The molecule has 0 amide bonds. The molecule has 114 valence electrons. The van der Waals surface area contributed by atoms with Crippen LogP contribution in [0, 0.1) is 0 Å². The van der Waals surface area contributed by atoms with Crippen LogP contribution < -0.4 is 16.2 Å². The van der Waals surface area contributed by atoms with Crippen LogP contribution in [0.25, 0.3) is 0 Å². The molecule has 7 nitrogen and oxygen atoms in total. The molecule has 1 unspecified atom stereocenters. The van der Waals surface area contributed by atoms with Gasteiger partial charge in [-0.15, -0.1) is 0 Å². The first-order chi connectivity index (χ1) is 9.27. The molecule has 4 N–H and O–H groups in total. The second-order valence-corrected chi connectivity index (χ2v) is 4.07. The van der Waals surface area contributed by atoms with Crippen LogP contribution in [0.1, 0.15) is 5.69 Å². The number of likely N-dealkylation sites (N-methyl/N-ethyl adjacent to an activating group) is 1. The zero-order valence-corrected chi connectivity index (χ0v) is 11.0. The average molecular weight is 295 g/mol. The van der Waals surface area contributed by atoms with Gasteiger partial charge in [-0.2, -0.15) is 18.2 Å². The number of nitrogens with two attached hydrogens (primary N) is 1. The van der Waals surface area contributed by atoms with Gasteiger partial charge in [0.1, 0.15) is 5.82 Å². The van der Waals surface area contributed by atoms with E-state index in [1.807, 2.05) is 5.43 Å². The van der Waals surface area contributed by atoms with Crippen molar-refractivity contribution < 1.29 is 23.0 Å². The molecule has 0 aliphatic heterocycles. The van der Waals surface area contributed by atoms with Gasteiger partial charge in [-0.25, -0.2) is 10.8 Å². The predicted octanol–water partition coefficient (Wildman–Crippen LogP) is 0.225. The lowest BCUT2D eigenvalue weighted by atomic mass is 10.3. The molecule has 0 fully saturated rings. The van der Waals surface area contributed by atoms with Gasteiger partial charge in [-0.1, -0.05) is 0 Å². The van der Waals surface area contributed by atoms with Crippen molar-refractivity contribution in [3.05, 3.63) is 11.8 Å². The molecule has 10 heteroatoms. The lowest BCUT2D eigenvalue weighted by molar-refractivity contribution is -0.141. The minimum atomic E-state index is -4.62. The van der Waals surface area contributed by atoms with Crippen molar-refractivity contribution in [3.8, 4) is 0 Å².